The summed E-state index contributed by atoms with van der Waals surface area (Å²) in [4.78, 5) is 7.96. The monoisotopic (exact) mass is 262 g/mol. The first-order valence-corrected chi connectivity index (χ1v) is 6.35. The van der Waals surface area contributed by atoms with Crippen LogP contribution in [-0.2, 0) is 6.54 Å². The zero-order valence-electron chi connectivity index (χ0n) is 11.1. The second-order valence-electron chi connectivity index (χ2n) is 4.18. The molecule has 2 heterocycles. The molecule has 0 saturated carbocycles. The Kier molecular flexibility index (Phi) is 4.79. The minimum absolute atomic E-state index is 0.0575. The minimum atomic E-state index is 0.0575. The van der Waals surface area contributed by atoms with Gasteiger partial charge in [0.2, 0.25) is 5.89 Å². The van der Waals surface area contributed by atoms with Crippen LogP contribution in [0.15, 0.2) is 23.0 Å². The van der Waals surface area contributed by atoms with E-state index in [0.717, 1.165) is 18.7 Å². The summed E-state index contributed by atoms with van der Waals surface area (Å²) in [5.74, 6) is 0.582. The molecule has 0 spiro atoms. The predicted molar refractivity (Wildman–Crippen MR) is 70.4 cm³/mol. The number of aromatic nitrogens is 4. The van der Waals surface area contributed by atoms with Gasteiger partial charge in [-0.2, -0.15) is 0 Å². The molecule has 0 aliphatic carbocycles. The molecule has 19 heavy (non-hydrogen) atoms. The maximum atomic E-state index is 5.52. The van der Waals surface area contributed by atoms with Crippen LogP contribution in [0.5, 0.6) is 0 Å². The fourth-order valence-corrected chi connectivity index (χ4v) is 1.52. The van der Waals surface area contributed by atoms with Gasteiger partial charge in [-0.25, -0.2) is 9.97 Å². The molecule has 2 aromatic rings. The van der Waals surface area contributed by atoms with Crippen LogP contribution in [0, 0.1) is 0 Å². The highest BCUT2D eigenvalue weighted by atomic mass is 16.4. The van der Waals surface area contributed by atoms with E-state index in [2.05, 4.69) is 37.7 Å². The molecular weight excluding hydrogens is 244 g/mol. The maximum absolute atomic E-state index is 5.52. The number of anilines is 1. The molecule has 7 heteroatoms. The summed E-state index contributed by atoms with van der Waals surface area (Å²) in [6.07, 6.45) is 4.27. The quantitative estimate of drug-likeness (QED) is 0.782. The SMILES string of the molecule is CCCNC(C)c1nnc(NCc2ccncn2)o1. The first kappa shape index (κ1) is 13.4. The van der Waals surface area contributed by atoms with Crippen molar-refractivity contribution in [1.29, 1.82) is 0 Å². The lowest BCUT2D eigenvalue weighted by atomic mass is 10.3. The molecule has 0 saturated heterocycles. The molecule has 2 rings (SSSR count). The third kappa shape index (κ3) is 3.99. The summed E-state index contributed by atoms with van der Waals surface area (Å²) >= 11 is 0. The van der Waals surface area contributed by atoms with Gasteiger partial charge >= 0.3 is 6.01 Å². The third-order valence-corrected chi connectivity index (χ3v) is 2.58. The summed E-state index contributed by atoms with van der Waals surface area (Å²) in [6.45, 7) is 5.56. The molecule has 7 nitrogen and oxygen atoms in total. The van der Waals surface area contributed by atoms with Crippen molar-refractivity contribution in [3.63, 3.8) is 0 Å². The van der Waals surface area contributed by atoms with Crippen molar-refractivity contribution in [2.45, 2.75) is 32.9 Å². The van der Waals surface area contributed by atoms with Gasteiger partial charge in [0, 0.05) is 6.20 Å². The molecule has 0 aliphatic heterocycles. The molecule has 0 radical (unpaired) electrons. The lowest BCUT2D eigenvalue weighted by molar-refractivity contribution is 0.423. The Morgan fingerprint density at radius 3 is 3.00 bits per heavy atom. The van der Waals surface area contributed by atoms with Crippen molar-refractivity contribution in [3.8, 4) is 0 Å². The zero-order valence-corrected chi connectivity index (χ0v) is 11.1. The van der Waals surface area contributed by atoms with Gasteiger partial charge in [0.25, 0.3) is 0 Å². The molecular formula is C12H18N6O. The Morgan fingerprint density at radius 2 is 2.26 bits per heavy atom. The molecule has 1 unspecified atom stereocenters. The number of nitrogens with zero attached hydrogens (tertiary/aromatic N) is 4. The third-order valence-electron chi connectivity index (χ3n) is 2.58. The first-order valence-electron chi connectivity index (χ1n) is 6.35. The van der Waals surface area contributed by atoms with Gasteiger partial charge in [-0.3, -0.25) is 0 Å². The van der Waals surface area contributed by atoms with Gasteiger partial charge in [0.05, 0.1) is 18.3 Å². The largest absolute Gasteiger partial charge is 0.406 e. The lowest BCUT2D eigenvalue weighted by Crippen LogP contribution is -2.19. The second kappa shape index (κ2) is 6.79. The molecule has 1 atom stereocenters. The summed E-state index contributed by atoms with van der Waals surface area (Å²) < 4.78 is 5.52. The number of hydrogen-bond acceptors (Lipinski definition) is 7. The highest BCUT2D eigenvalue weighted by Crippen LogP contribution is 2.13. The van der Waals surface area contributed by atoms with Crippen molar-refractivity contribution in [2.24, 2.45) is 0 Å². The van der Waals surface area contributed by atoms with Gasteiger partial charge < -0.3 is 15.1 Å². The van der Waals surface area contributed by atoms with Gasteiger partial charge in [0.15, 0.2) is 0 Å². The Balaban J connectivity index is 1.87. The summed E-state index contributed by atoms with van der Waals surface area (Å²) in [5.41, 5.74) is 0.868. The lowest BCUT2D eigenvalue weighted by Gasteiger charge is -2.07. The van der Waals surface area contributed by atoms with E-state index in [1.54, 1.807) is 6.20 Å². The van der Waals surface area contributed by atoms with Crippen LogP contribution in [0.25, 0.3) is 0 Å². The van der Waals surface area contributed by atoms with E-state index in [0.29, 0.717) is 18.5 Å². The molecule has 0 aliphatic rings. The van der Waals surface area contributed by atoms with Crippen molar-refractivity contribution in [2.75, 3.05) is 11.9 Å². The van der Waals surface area contributed by atoms with E-state index in [9.17, 15) is 0 Å². The van der Waals surface area contributed by atoms with Gasteiger partial charge in [-0.15, -0.1) is 5.10 Å². The van der Waals surface area contributed by atoms with E-state index in [1.165, 1.54) is 6.33 Å². The van der Waals surface area contributed by atoms with Crippen LogP contribution in [-0.4, -0.2) is 26.7 Å². The standard InChI is InChI=1S/C12H18N6O/c1-3-5-14-9(2)11-17-18-12(19-11)15-7-10-4-6-13-8-16-10/h4,6,8-9,14H,3,5,7H2,1-2H3,(H,15,18). The summed E-state index contributed by atoms with van der Waals surface area (Å²) in [6, 6.07) is 2.29. The fraction of sp³-hybridized carbons (Fsp3) is 0.500. The van der Waals surface area contributed by atoms with Crippen LogP contribution in [0.3, 0.4) is 0 Å². The van der Waals surface area contributed by atoms with E-state index >= 15 is 0 Å². The van der Waals surface area contributed by atoms with Crippen molar-refractivity contribution in [1.82, 2.24) is 25.5 Å². The van der Waals surface area contributed by atoms with Gasteiger partial charge in [0.1, 0.15) is 6.33 Å². The highest BCUT2D eigenvalue weighted by molar-refractivity contribution is 5.19. The zero-order chi connectivity index (χ0) is 13.5. The Bertz CT molecular complexity index is 486. The van der Waals surface area contributed by atoms with Gasteiger partial charge in [-0.1, -0.05) is 12.0 Å². The summed E-state index contributed by atoms with van der Waals surface area (Å²) in [7, 11) is 0. The van der Waals surface area contributed by atoms with E-state index in [1.807, 2.05) is 13.0 Å². The smallest absolute Gasteiger partial charge is 0.315 e. The summed E-state index contributed by atoms with van der Waals surface area (Å²) in [5, 5.41) is 14.3. The normalized spacial score (nSPS) is 12.3. The fourth-order valence-electron chi connectivity index (χ4n) is 1.52. The molecule has 2 aromatic heterocycles. The number of rotatable bonds is 7. The molecule has 102 valence electrons. The predicted octanol–water partition coefficient (Wildman–Crippen LogP) is 1.53. The number of nitrogens with one attached hydrogen (secondary N) is 2. The Hall–Kier alpha value is -2.02. The van der Waals surface area contributed by atoms with E-state index in [4.69, 9.17) is 4.42 Å². The average molecular weight is 262 g/mol. The molecule has 0 fully saturated rings. The maximum Gasteiger partial charge on any atom is 0.315 e. The second-order valence-corrected chi connectivity index (χ2v) is 4.18. The van der Waals surface area contributed by atoms with Crippen LogP contribution in [0.2, 0.25) is 0 Å². The van der Waals surface area contributed by atoms with Crippen molar-refractivity contribution >= 4 is 6.01 Å². The minimum Gasteiger partial charge on any atom is -0.406 e. The first-order chi connectivity index (χ1) is 9.29. The molecule has 0 amide bonds. The highest BCUT2D eigenvalue weighted by Gasteiger charge is 2.12. The van der Waals surface area contributed by atoms with Gasteiger partial charge in [-0.05, 0) is 26.0 Å². The topological polar surface area (TPSA) is 88.8 Å². The molecule has 0 aromatic carbocycles. The Labute approximate surface area is 111 Å². The number of hydrogen-bond donors (Lipinski definition) is 2. The van der Waals surface area contributed by atoms with E-state index < -0.39 is 0 Å². The van der Waals surface area contributed by atoms with Crippen LogP contribution < -0.4 is 10.6 Å². The van der Waals surface area contributed by atoms with Crippen molar-refractivity contribution in [3.05, 3.63) is 30.2 Å². The average Bonchev–Trinajstić information content (AvgIpc) is 2.92. The molecule has 0 bridgehead atoms. The van der Waals surface area contributed by atoms with Crippen LogP contribution >= 0.6 is 0 Å². The van der Waals surface area contributed by atoms with Crippen LogP contribution in [0.4, 0.5) is 6.01 Å². The Morgan fingerprint density at radius 1 is 1.37 bits per heavy atom. The van der Waals surface area contributed by atoms with Crippen molar-refractivity contribution < 1.29 is 4.42 Å². The van der Waals surface area contributed by atoms with E-state index in [-0.39, 0.29) is 6.04 Å². The molecule has 2 N–H and O–H groups in total. The van der Waals surface area contributed by atoms with Crippen LogP contribution in [0.1, 0.15) is 37.9 Å².